The van der Waals surface area contributed by atoms with E-state index in [0.717, 1.165) is 24.3 Å². The van der Waals surface area contributed by atoms with Crippen LogP contribution in [-0.2, 0) is 11.3 Å². The van der Waals surface area contributed by atoms with Gasteiger partial charge in [0.1, 0.15) is 0 Å². The largest absolute Gasteiger partial charge is 0.450 e. The number of carbonyl (C=O) groups is 3. The molecule has 3 amide bonds. The fraction of sp³-hybridized carbons (Fsp3) is 0.394. The number of hydrogen-bond donors (Lipinski definition) is 2. The van der Waals surface area contributed by atoms with Gasteiger partial charge in [0, 0.05) is 62.0 Å². The Morgan fingerprint density at radius 1 is 0.955 bits per heavy atom. The Labute approximate surface area is 260 Å². The fourth-order valence-electron chi connectivity index (χ4n) is 6.67. The Balaban J connectivity index is 1.24. The van der Waals surface area contributed by atoms with E-state index in [4.69, 9.17) is 16.3 Å². The molecule has 2 saturated heterocycles. The molecule has 2 N–H and O–H groups in total. The predicted molar refractivity (Wildman–Crippen MR) is 169 cm³/mol. The first-order chi connectivity index (χ1) is 21.3. The molecule has 0 spiro atoms. The lowest BCUT2D eigenvalue weighted by Crippen LogP contribution is -2.47. The summed E-state index contributed by atoms with van der Waals surface area (Å²) in [5.74, 6) is -0.165. The van der Waals surface area contributed by atoms with Crippen LogP contribution in [0.25, 0.3) is 0 Å². The molecular weight excluding hydrogens is 582 g/mol. The highest BCUT2D eigenvalue weighted by molar-refractivity contribution is 6.34. The summed E-state index contributed by atoms with van der Waals surface area (Å²) in [6.45, 7) is 5.17. The van der Waals surface area contributed by atoms with Gasteiger partial charge in [-0.1, -0.05) is 29.8 Å². The van der Waals surface area contributed by atoms with Crippen LogP contribution in [0, 0.1) is 5.92 Å². The van der Waals surface area contributed by atoms with E-state index in [1.165, 1.54) is 0 Å². The van der Waals surface area contributed by atoms with E-state index in [2.05, 4.69) is 15.5 Å². The standard InChI is InChI=1S/C33H36ClN5O5/c1-2-44-33(43)37-14-12-24(13-15-37)35-31(41)22-10-11-29(27(17-22)36-32(42)25-6-3-4-7-26(25)34)38-18-21-16-23(20-38)28-8-5-9-30(40)39(28)19-21/h3-11,17,21,23-24H,2,12-16,18-20H2,1H3,(H,35,41)(H,36,42)/t21-,23+/m1/s1. The number of amides is 3. The maximum Gasteiger partial charge on any atom is 0.409 e. The maximum absolute atomic E-state index is 13.4. The number of nitrogens with zero attached hydrogens (tertiary/aromatic N) is 3. The lowest BCUT2D eigenvalue weighted by Gasteiger charge is -2.44. The van der Waals surface area contributed by atoms with Gasteiger partial charge in [-0.25, -0.2) is 4.79 Å². The second-order valence-corrected chi connectivity index (χ2v) is 12.1. The van der Waals surface area contributed by atoms with Crippen molar-refractivity contribution >= 4 is 40.9 Å². The summed E-state index contributed by atoms with van der Waals surface area (Å²) in [6, 6.07) is 17.6. The van der Waals surface area contributed by atoms with Gasteiger partial charge < -0.3 is 29.7 Å². The highest BCUT2D eigenvalue weighted by atomic mass is 35.5. The van der Waals surface area contributed by atoms with Crippen molar-refractivity contribution in [2.75, 3.05) is 43.0 Å². The molecule has 6 rings (SSSR count). The van der Waals surface area contributed by atoms with Crippen molar-refractivity contribution in [1.82, 2.24) is 14.8 Å². The SMILES string of the molecule is CCOC(=O)N1CCC(NC(=O)c2ccc(N3C[C@H]4C[C@@H](C3)c3cccc(=O)n3C4)c(NC(=O)c3ccccc3Cl)c2)CC1. The predicted octanol–water partition coefficient (Wildman–Crippen LogP) is 4.73. The maximum atomic E-state index is 13.4. The summed E-state index contributed by atoms with van der Waals surface area (Å²) in [4.78, 5) is 55.3. The number of likely N-dealkylation sites (tertiary alicyclic amines) is 1. The molecule has 2 bridgehead atoms. The van der Waals surface area contributed by atoms with Crippen LogP contribution in [0.4, 0.5) is 16.2 Å². The minimum absolute atomic E-state index is 0.0280. The van der Waals surface area contributed by atoms with Crippen LogP contribution >= 0.6 is 11.6 Å². The highest BCUT2D eigenvalue weighted by Crippen LogP contribution is 2.39. The van der Waals surface area contributed by atoms with E-state index in [9.17, 15) is 19.2 Å². The van der Waals surface area contributed by atoms with Gasteiger partial charge in [-0.3, -0.25) is 14.4 Å². The van der Waals surface area contributed by atoms with Crippen LogP contribution in [0.3, 0.4) is 0 Å². The van der Waals surface area contributed by atoms with Crippen LogP contribution in [0.5, 0.6) is 0 Å². The number of fused-ring (bicyclic) bond motifs is 4. The number of hydrogen-bond acceptors (Lipinski definition) is 6. The van der Waals surface area contributed by atoms with Gasteiger partial charge in [-0.2, -0.15) is 0 Å². The summed E-state index contributed by atoms with van der Waals surface area (Å²) in [6.07, 6.45) is 1.92. The number of anilines is 2. The van der Waals surface area contributed by atoms with E-state index in [1.807, 2.05) is 22.8 Å². The molecule has 0 radical (unpaired) electrons. The number of rotatable bonds is 6. The molecule has 230 valence electrons. The molecule has 4 heterocycles. The molecular formula is C33H36ClN5O5. The van der Waals surface area contributed by atoms with Crippen molar-refractivity contribution in [3.05, 3.63) is 92.9 Å². The van der Waals surface area contributed by atoms with Gasteiger partial charge in [0.05, 0.1) is 28.6 Å². The van der Waals surface area contributed by atoms with Gasteiger partial charge >= 0.3 is 6.09 Å². The zero-order valence-electron chi connectivity index (χ0n) is 24.6. The summed E-state index contributed by atoms with van der Waals surface area (Å²) < 4.78 is 6.99. The topological polar surface area (TPSA) is 113 Å². The normalized spacial score (nSPS) is 19.6. The summed E-state index contributed by atoms with van der Waals surface area (Å²) >= 11 is 6.34. The molecule has 3 aliphatic heterocycles. The number of carbonyl (C=O) groups excluding carboxylic acids is 3. The summed E-state index contributed by atoms with van der Waals surface area (Å²) in [7, 11) is 0. The quantitative estimate of drug-likeness (QED) is 0.414. The second kappa shape index (κ2) is 12.7. The fourth-order valence-corrected chi connectivity index (χ4v) is 6.89. The smallest absolute Gasteiger partial charge is 0.409 e. The Morgan fingerprint density at radius 3 is 2.52 bits per heavy atom. The Bertz CT molecular complexity index is 1630. The third-order valence-electron chi connectivity index (χ3n) is 8.80. The first kappa shape index (κ1) is 29.7. The number of nitrogens with one attached hydrogen (secondary N) is 2. The summed E-state index contributed by atoms with van der Waals surface area (Å²) in [5, 5.41) is 6.47. The molecule has 10 nitrogen and oxygen atoms in total. The molecule has 2 atom stereocenters. The van der Waals surface area contributed by atoms with Gasteiger partial charge in [-0.15, -0.1) is 0 Å². The van der Waals surface area contributed by atoms with E-state index in [0.29, 0.717) is 67.5 Å². The van der Waals surface area contributed by atoms with Crippen LogP contribution in [0.1, 0.15) is 58.5 Å². The number of piperidine rings is 2. The first-order valence-electron chi connectivity index (χ1n) is 15.2. The minimum Gasteiger partial charge on any atom is -0.450 e. The van der Waals surface area contributed by atoms with Gasteiger partial charge in [-0.05, 0) is 68.5 Å². The van der Waals surface area contributed by atoms with E-state index in [1.54, 1.807) is 54.3 Å². The Kier molecular flexibility index (Phi) is 8.61. The zero-order chi connectivity index (χ0) is 30.8. The van der Waals surface area contributed by atoms with Crippen LogP contribution in [0.15, 0.2) is 65.5 Å². The Morgan fingerprint density at radius 2 is 1.75 bits per heavy atom. The van der Waals surface area contributed by atoms with Crippen molar-refractivity contribution < 1.29 is 19.1 Å². The molecule has 3 aromatic rings. The molecule has 11 heteroatoms. The van der Waals surface area contributed by atoms with Crippen molar-refractivity contribution in [3.63, 3.8) is 0 Å². The monoisotopic (exact) mass is 617 g/mol. The second-order valence-electron chi connectivity index (χ2n) is 11.7. The first-order valence-corrected chi connectivity index (χ1v) is 15.6. The van der Waals surface area contributed by atoms with Crippen molar-refractivity contribution in [1.29, 1.82) is 0 Å². The lowest BCUT2D eigenvalue weighted by molar-refractivity contribution is 0.0859. The van der Waals surface area contributed by atoms with Crippen LogP contribution in [0.2, 0.25) is 5.02 Å². The van der Waals surface area contributed by atoms with Crippen LogP contribution in [-0.4, -0.2) is 66.2 Å². The number of halogens is 1. The van der Waals surface area contributed by atoms with Gasteiger partial charge in [0.25, 0.3) is 17.4 Å². The number of aromatic nitrogens is 1. The highest BCUT2D eigenvalue weighted by Gasteiger charge is 2.35. The average molecular weight is 618 g/mol. The average Bonchev–Trinajstić information content (AvgIpc) is 3.02. The third-order valence-corrected chi connectivity index (χ3v) is 9.13. The zero-order valence-corrected chi connectivity index (χ0v) is 25.4. The molecule has 2 aromatic carbocycles. The third kappa shape index (κ3) is 6.17. The van der Waals surface area contributed by atoms with E-state index in [-0.39, 0.29) is 41.3 Å². The van der Waals surface area contributed by atoms with Gasteiger partial charge in [0.2, 0.25) is 0 Å². The Hall–Kier alpha value is -4.31. The molecule has 2 fully saturated rings. The summed E-state index contributed by atoms with van der Waals surface area (Å²) in [5.41, 5.74) is 3.15. The number of ether oxygens (including phenoxy) is 1. The van der Waals surface area contributed by atoms with Crippen LogP contribution < -0.4 is 21.1 Å². The van der Waals surface area contributed by atoms with Crippen molar-refractivity contribution in [3.8, 4) is 0 Å². The van der Waals surface area contributed by atoms with E-state index >= 15 is 0 Å². The number of pyridine rings is 1. The molecule has 44 heavy (non-hydrogen) atoms. The van der Waals surface area contributed by atoms with Crippen molar-refractivity contribution in [2.45, 2.75) is 44.7 Å². The van der Waals surface area contributed by atoms with Gasteiger partial charge in [0.15, 0.2) is 0 Å². The van der Waals surface area contributed by atoms with E-state index < -0.39 is 0 Å². The van der Waals surface area contributed by atoms with Crippen molar-refractivity contribution in [2.24, 2.45) is 5.92 Å². The lowest BCUT2D eigenvalue weighted by atomic mass is 9.83. The minimum atomic E-state index is -0.366. The molecule has 0 aliphatic carbocycles. The number of benzene rings is 2. The molecule has 1 aromatic heterocycles. The molecule has 0 saturated carbocycles. The molecule has 0 unspecified atom stereocenters. The molecule has 3 aliphatic rings.